The Morgan fingerprint density at radius 2 is 2.00 bits per heavy atom. The minimum absolute atomic E-state index is 0.0908. The third-order valence-electron chi connectivity index (χ3n) is 2.38. The minimum atomic E-state index is -0.542. The Kier molecular flexibility index (Phi) is 4.11. The van der Waals surface area contributed by atoms with E-state index in [0.717, 1.165) is 0 Å². The lowest BCUT2D eigenvalue weighted by molar-refractivity contribution is 0.0949. The lowest BCUT2D eigenvalue weighted by Crippen LogP contribution is -2.33. The van der Waals surface area contributed by atoms with Crippen molar-refractivity contribution in [3.63, 3.8) is 0 Å². The average molecular weight is 289 g/mol. The molecule has 2 amide bonds. The molecule has 0 fully saturated rings. The summed E-state index contributed by atoms with van der Waals surface area (Å²) in [6.45, 7) is 0. The Labute approximate surface area is 119 Å². The van der Waals surface area contributed by atoms with Crippen LogP contribution in [-0.4, -0.2) is 16.9 Å². The number of thiocarbonyl (C=S) groups is 1. The first kappa shape index (κ1) is 13.8. The molecule has 0 atom stereocenters. The fourth-order valence-electron chi connectivity index (χ4n) is 1.49. The van der Waals surface area contributed by atoms with Gasteiger partial charge in [-0.25, -0.2) is 0 Å². The SMILES string of the molecule is NC(=O)c1cccc(NC(=S)NC(=O)c2ccco2)c1. The lowest BCUT2D eigenvalue weighted by atomic mass is 10.2. The van der Waals surface area contributed by atoms with Crippen molar-refractivity contribution in [2.75, 3.05) is 5.32 Å². The smallest absolute Gasteiger partial charge is 0.293 e. The van der Waals surface area contributed by atoms with Crippen molar-refractivity contribution in [2.24, 2.45) is 5.73 Å². The molecular formula is C13H11N3O3S. The third kappa shape index (κ3) is 3.42. The summed E-state index contributed by atoms with van der Waals surface area (Å²) >= 11 is 4.99. The Morgan fingerprint density at radius 3 is 2.65 bits per heavy atom. The van der Waals surface area contributed by atoms with Crippen LogP contribution in [0.2, 0.25) is 0 Å². The first-order chi connectivity index (χ1) is 9.56. The predicted octanol–water partition coefficient (Wildman–Crippen LogP) is 1.51. The standard InChI is InChI=1S/C13H11N3O3S/c14-11(17)8-3-1-4-9(7-8)15-13(20)16-12(18)10-5-2-6-19-10/h1-7H,(H2,14,17)(H2,15,16,18,20). The molecule has 2 rings (SSSR count). The first-order valence-electron chi connectivity index (χ1n) is 5.62. The second-order valence-corrected chi connectivity index (χ2v) is 4.24. The molecule has 0 spiro atoms. The van der Waals surface area contributed by atoms with Gasteiger partial charge in [0.05, 0.1) is 6.26 Å². The van der Waals surface area contributed by atoms with Crippen molar-refractivity contribution in [1.29, 1.82) is 0 Å². The number of amides is 2. The van der Waals surface area contributed by atoms with E-state index in [1.165, 1.54) is 18.4 Å². The second kappa shape index (κ2) is 5.98. The van der Waals surface area contributed by atoms with Gasteiger partial charge in [0.2, 0.25) is 5.91 Å². The van der Waals surface area contributed by atoms with E-state index in [1.807, 2.05) is 0 Å². The molecule has 6 nitrogen and oxygen atoms in total. The maximum absolute atomic E-state index is 11.7. The van der Waals surface area contributed by atoms with Gasteiger partial charge in [-0.3, -0.25) is 14.9 Å². The summed E-state index contributed by atoms with van der Waals surface area (Å²) in [6, 6.07) is 9.58. The van der Waals surface area contributed by atoms with Gasteiger partial charge in [0.1, 0.15) is 0 Å². The van der Waals surface area contributed by atoms with Gasteiger partial charge in [0.15, 0.2) is 10.9 Å². The number of nitrogens with one attached hydrogen (secondary N) is 2. The van der Waals surface area contributed by atoms with Gasteiger partial charge in [-0.15, -0.1) is 0 Å². The fourth-order valence-corrected chi connectivity index (χ4v) is 1.70. The topological polar surface area (TPSA) is 97.4 Å². The normalized spacial score (nSPS) is 9.80. The van der Waals surface area contributed by atoms with Crippen LogP contribution in [0.1, 0.15) is 20.9 Å². The molecule has 1 heterocycles. The third-order valence-corrected chi connectivity index (χ3v) is 2.58. The molecule has 7 heteroatoms. The maximum atomic E-state index is 11.7. The van der Waals surface area contributed by atoms with Gasteiger partial charge in [-0.1, -0.05) is 6.07 Å². The summed E-state index contributed by atoms with van der Waals surface area (Å²) in [6.07, 6.45) is 1.39. The Hall–Kier alpha value is -2.67. The van der Waals surface area contributed by atoms with E-state index in [4.69, 9.17) is 22.4 Å². The summed E-state index contributed by atoms with van der Waals surface area (Å²) in [5.74, 6) is -0.849. The number of furan rings is 1. The number of hydrogen-bond donors (Lipinski definition) is 3. The number of nitrogens with two attached hydrogens (primary N) is 1. The molecular weight excluding hydrogens is 278 g/mol. The van der Waals surface area contributed by atoms with Crippen LogP contribution in [0.25, 0.3) is 0 Å². The number of carbonyl (C=O) groups is 2. The number of benzene rings is 1. The number of carbonyl (C=O) groups excluding carboxylic acids is 2. The van der Waals surface area contributed by atoms with Crippen molar-refractivity contribution in [3.05, 3.63) is 54.0 Å². The van der Waals surface area contributed by atoms with E-state index in [-0.39, 0.29) is 10.9 Å². The Bertz CT molecular complexity index is 653. The maximum Gasteiger partial charge on any atom is 0.293 e. The Morgan fingerprint density at radius 1 is 1.20 bits per heavy atom. The first-order valence-corrected chi connectivity index (χ1v) is 6.03. The molecule has 4 N–H and O–H groups in total. The number of rotatable bonds is 3. The van der Waals surface area contributed by atoms with E-state index < -0.39 is 11.8 Å². The van der Waals surface area contributed by atoms with Gasteiger partial charge in [0.25, 0.3) is 5.91 Å². The van der Waals surface area contributed by atoms with Crippen molar-refractivity contribution in [3.8, 4) is 0 Å². The second-order valence-electron chi connectivity index (χ2n) is 3.83. The highest BCUT2D eigenvalue weighted by molar-refractivity contribution is 7.80. The van der Waals surface area contributed by atoms with Gasteiger partial charge in [0, 0.05) is 11.3 Å². The summed E-state index contributed by atoms with van der Waals surface area (Å²) in [5.41, 5.74) is 6.07. The lowest BCUT2D eigenvalue weighted by Gasteiger charge is -2.09. The average Bonchev–Trinajstić information content (AvgIpc) is 2.92. The summed E-state index contributed by atoms with van der Waals surface area (Å²) in [5, 5.41) is 5.32. The zero-order valence-corrected chi connectivity index (χ0v) is 11.1. The van der Waals surface area contributed by atoms with Crippen molar-refractivity contribution < 1.29 is 14.0 Å². The van der Waals surface area contributed by atoms with Crippen LogP contribution in [0.4, 0.5) is 5.69 Å². The van der Waals surface area contributed by atoms with E-state index in [0.29, 0.717) is 11.3 Å². The van der Waals surface area contributed by atoms with Crippen molar-refractivity contribution in [1.82, 2.24) is 5.32 Å². The van der Waals surface area contributed by atoms with E-state index >= 15 is 0 Å². The van der Waals surface area contributed by atoms with E-state index in [1.54, 1.807) is 24.3 Å². The summed E-state index contributed by atoms with van der Waals surface area (Å²) in [7, 11) is 0. The summed E-state index contributed by atoms with van der Waals surface area (Å²) in [4.78, 5) is 22.7. The van der Waals surface area contributed by atoms with Gasteiger partial charge in [-0.2, -0.15) is 0 Å². The van der Waals surface area contributed by atoms with Gasteiger partial charge in [-0.05, 0) is 42.5 Å². The molecule has 0 saturated carbocycles. The zero-order chi connectivity index (χ0) is 14.5. The quantitative estimate of drug-likeness (QED) is 0.744. The zero-order valence-electron chi connectivity index (χ0n) is 10.3. The van der Waals surface area contributed by atoms with Crippen LogP contribution in [0.5, 0.6) is 0 Å². The molecule has 20 heavy (non-hydrogen) atoms. The highest BCUT2D eigenvalue weighted by Gasteiger charge is 2.10. The van der Waals surface area contributed by atoms with Crippen LogP contribution in [0.3, 0.4) is 0 Å². The number of anilines is 1. The molecule has 1 aromatic carbocycles. The van der Waals surface area contributed by atoms with Crippen LogP contribution in [0.15, 0.2) is 47.1 Å². The minimum Gasteiger partial charge on any atom is -0.459 e. The van der Waals surface area contributed by atoms with Crippen LogP contribution < -0.4 is 16.4 Å². The molecule has 0 aliphatic rings. The number of primary amides is 1. The Balaban J connectivity index is 1.99. The van der Waals surface area contributed by atoms with Gasteiger partial charge < -0.3 is 15.5 Å². The van der Waals surface area contributed by atoms with E-state index in [2.05, 4.69) is 10.6 Å². The monoisotopic (exact) mass is 289 g/mol. The van der Waals surface area contributed by atoms with E-state index in [9.17, 15) is 9.59 Å². The van der Waals surface area contributed by atoms with Crippen molar-refractivity contribution >= 4 is 34.8 Å². The molecule has 0 aliphatic heterocycles. The van der Waals surface area contributed by atoms with Gasteiger partial charge >= 0.3 is 0 Å². The predicted molar refractivity (Wildman–Crippen MR) is 77.4 cm³/mol. The van der Waals surface area contributed by atoms with Crippen molar-refractivity contribution in [2.45, 2.75) is 0 Å². The molecule has 0 saturated heterocycles. The molecule has 1 aromatic heterocycles. The number of hydrogen-bond acceptors (Lipinski definition) is 4. The molecule has 102 valence electrons. The highest BCUT2D eigenvalue weighted by Crippen LogP contribution is 2.10. The largest absolute Gasteiger partial charge is 0.459 e. The molecule has 0 bridgehead atoms. The fraction of sp³-hybridized carbons (Fsp3) is 0. The molecule has 0 aliphatic carbocycles. The van der Waals surface area contributed by atoms with Crippen LogP contribution in [-0.2, 0) is 0 Å². The molecule has 0 unspecified atom stereocenters. The van der Waals surface area contributed by atoms with Crippen LogP contribution >= 0.6 is 12.2 Å². The molecule has 0 radical (unpaired) electrons. The van der Waals surface area contributed by atoms with Crippen LogP contribution in [0, 0.1) is 0 Å². The summed E-state index contributed by atoms with van der Waals surface area (Å²) < 4.78 is 4.94. The highest BCUT2D eigenvalue weighted by atomic mass is 32.1. The molecule has 2 aromatic rings.